The molecule has 0 fully saturated rings. The van der Waals surface area contributed by atoms with Gasteiger partial charge in [0.25, 0.3) is 10.1 Å². The molecule has 0 aliphatic rings. The standard InChI is InChI=1S/C8H11O3PS/c1-7-3-5-8(6-4-7)13(9,10)11-12-2/h3-6,12H,1-2H3. The molecule has 0 aliphatic heterocycles. The van der Waals surface area contributed by atoms with Crippen LogP contribution < -0.4 is 0 Å². The van der Waals surface area contributed by atoms with Gasteiger partial charge in [0.05, 0.1) is 4.90 Å². The van der Waals surface area contributed by atoms with E-state index in [0.717, 1.165) is 5.56 Å². The molecular weight excluding hydrogens is 207 g/mol. The molecule has 0 saturated carbocycles. The topological polar surface area (TPSA) is 43.4 Å². The van der Waals surface area contributed by atoms with Crippen molar-refractivity contribution in [1.29, 1.82) is 0 Å². The zero-order chi connectivity index (χ0) is 9.90. The number of hydrogen-bond donors (Lipinski definition) is 0. The van der Waals surface area contributed by atoms with Gasteiger partial charge in [0, 0.05) is 8.81 Å². The minimum Gasteiger partial charge on any atom is -0.248 e. The maximum absolute atomic E-state index is 11.3. The van der Waals surface area contributed by atoms with E-state index in [1.54, 1.807) is 30.9 Å². The van der Waals surface area contributed by atoms with Crippen molar-refractivity contribution in [2.45, 2.75) is 11.8 Å². The summed E-state index contributed by atoms with van der Waals surface area (Å²) in [4.78, 5) is 0.215. The molecule has 0 radical (unpaired) electrons. The van der Waals surface area contributed by atoms with Crippen LogP contribution in [0.4, 0.5) is 0 Å². The van der Waals surface area contributed by atoms with Gasteiger partial charge in [0.1, 0.15) is 0 Å². The molecule has 1 atom stereocenters. The van der Waals surface area contributed by atoms with E-state index in [1.807, 2.05) is 6.92 Å². The van der Waals surface area contributed by atoms with Gasteiger partial charge in [-0.15, -0.1) is 0 Å². The average molecular weight is 218 g/mol. The Hall–Kier alpha value is -0.440. The van der Waals surface area contributed by atoms with Crippen molar-refractivity contribution >= 4 is 18.9 Å². The summed E-state index contributed by atoms with van der Waals surface area (Å²) in [5.41, 5.74) is 1.03. The fourth-order valence-electron chi connectivity index (χ4n) is 0.863. The Bertz CT molecular complexity index is 369. The van der Waals surface area contributed by atoms with Gasteiger partial charge in [-0.1, -0.05) is 17.7 Å². The summed E-state index contributed by atoms with van der Waals surface area (Å²) in [6, 6.07) is 6.58. The van der Waals surface area contributed by atoms with Gasteiger partial charge in [-0.2, -0.15) is 8.42 Å². The Morgan fingerprint density at radius 3 is 2.23 bits per heavy atom. The fourth-order valence-corrected chi connectivity index (χ4v) is 2.59. The minimum atomic E-state index is -3.51. The molecule has 1 rings (SSSR count). The maximum Gasteiger partial charge on any atom is 0.299 e. The highest BCUT2D eigenvalue weighted by Crippen LogP contribution is 2.19. The van der Waals surface area contributed by atoms with E-state index in [0.29, 0.717) is 0 Å². The number of rotatable bonds is 3. The first-order valence-electron chi connectivity index (χ1n) is 3.73. The maximum atomic E-state index is 11.3. The van der Waals surface area contributed by atoms with E-state index >= 15 is 0 Å². The lowest BCUT2D eigenvalue weighted by molar-refractivity contribution is 0.514. The second-order valence-corrected chi connectivity index (χ2v) is 5.01. The largest absolute Gasteiger partial charge is 0.299 e. The molecule has 0 heterocycles. The van der Waals surface area contributed by atoms with E-state index in [2.05, 4.69) is 3.97 Å². The van der Waals surface area contributed by atoms with Gasteiger partial charge < -0.3 is 0 Å². The van der Waals surface area contributed by atoms with Crippen LogP contribution in [0.15, 0.2) is 29.2 Å². The van der Waals surface area contributed by atoms with Gasteiger partial charge >= 0.3 is 0 Å². The van der Waals surface area contributed by atoms with Crippen LogP contribution in [0.3, 0.4) is 0 Å². The van der Waals surface area contributed by atoms with E-state index in [9.17, 15) is 8.42 Å². The highest BCUT2D eigenvalue weighted by atomic mass is 32.2. The molecule has 0 N–H and O–H groups in total. The Morgan fingerprint density at radius 2 is 1.77 bits per heavy atom. The van der Waals surface area contributed by atoms with Crippen LogP contribution in [0.2, 0.25) is 0 Å². The smallest absolute Gasteiger partial charge is 0.248 e. The molecular formula is C8H11O3PS. The molecule has 3 nitrogen and oxygen atoms in total. The highest BCUT2D eigenvalue weighted by molar-refractivity contribution is 7.89. The molecule has 0 aliphatic carbocycles. The normalized spacial score (nSPS) is 12.5. The SMILES string of the molecule is CPOS(=O)(=O)c1ccc(C)cc1. The molecule has 0 aromatic heterocycles. The van der Waals surface area contributed by atoms with Crippen molar-refractivity contribution < 1.29 is 12.4 Å². The summed E-state index contributed by atoms with van der Waals surface area (Å²) in [5.74, 6) is 0. The molecule has 5 heteroatoms. The van der Waals surface area contributed by atoms with Crippen LogP contribution in [0.1, 0.15) is 5.56 Å². The number of hydrogen-bond acceptors (Lipinski definition) is 3. The summed E-state index contributed by atoms with van der Waals surface area (Å²) in [6.45, 7) is 3.57. The minimum absolute atomic E-state index is 0.0560. The Balaban J connectivity index is 3.02. The first-order valence-corrected chi connectivity index (χ1v) is 6.55. The average Bonchev–Trinajstić information content (AvgIpc) is 2.05. The van der Waals surface area contributed by atoms with Crippen molar-refractivity contribution in [1.82, 2.24) is 0 Å². The summed E-state index contributed by atoms with van der Waals surface area (Å²) in [7, 11) is -3.57. The van der Waals surface area contributed by atoms with Gasteiger partial charge in [-0.3, -0.25) is 0 Å². The Morgan fingerprint density at radius 1 is 1.23 bits per heavy atom. The molecule has 0 bridgehead atoms. The monoisotopic (exact) mass is 218 g/mol. The Labute approximate surface area is 80.1 Å². The molecule has 1 aromatic rings. The zero-order valence-corrected chi connectivity index (χ0v) is 9.26. The number of benzene rings is 1. The molecule has 1 unspecified atom stereocenters. The fraction of sp³-hybridized carbons (Fsp3) is 0.250. The van der Waals surface area contributed by atoms with E-state index in [-0.39, 0.29) is 13.7 Å². The lowest BCUT2D eigenvalue weighted by Gasteiger charge is -2.02. The second-order valence-electron chi connectivity index (χ2n) is 2.55. The van der Waals surface area contributed by atoms with Crippen LogP contribution in [0, 0.1) is 6.92 Å². The quantitative estimate of drug-likeness (QED) is 0.728. The van der Waals surface area contributed by atoms with E-state index in [1.165, 1.54) is 0 Å². The highest BCUT2D eigenvalue weighted by Gasteiger charge is 2.12. The van der Waals surface area contributed by atoms with Crippen LogP contribution in [-0.2, 0) is 14.1 Å². The zero-order valence-electron chi connectivity index (χ0n) is 7.44. The van der Waals surface area contributed by atoms with Gasteiger partial charge in [0.15, 0.2) is 0 Å². The third kappa shape index (κ3) is 2.76. The van der Waals surface area contributed by atoms with Crippen molar-refractivity contribution in [3.63, 3.8) is 0 Å². The first-order chi connectivity index (χ1) is 6.06. The third-order valence-corrected chi connectivity index (χ3v) is 3.90. The van der Waals surface area contributed by atoms with Crippen LogP contribution in [-0.4, -0.2) is 15.1 Å². The lowest BCUT2D eigenvalue weighted by atomic mass is 10.2. The lowest BCUT2D eigenvalue weighted by Crippen LogP contribution is -2.00. The van der Waals surface area contributed by atoms with Crippen molar-refractivity contribution in [3.05, 3.63) is 29.8 Å². The Kier molecular flexibility index (Phi) is 3.42. The number of aryl methyl sites for hydroxylation is 1. The third-order valence-electron chi connectivity index (χ3n) is 1.50. The van der Waals surface area contributed by atoms with Crippen molar-refractivity contribution in [2.75, 3.05) is 6.66 Å². The molecule has 13 heavy (non-hydrogen) atoms. The molecule has 0 saturated heterocycles. The van der Waals surface area contributed by atoms with Crippen molar-refractivity contribution in [3.8, 4) is 0 Å². The summed E-state index contributed by atoms with van der Waals surface area (Å²) in [6.07, 6.45) is 0. The van der Waals surface area contributed by atoms with E-state index < -0.39 is 10.1 Å². The molecule has 0 spiro atoms. The molecule has 0 amide bonds. The summed E-state index contributed by atoms with van der Waals surface area (Å²) >= 11 is 0. The van der Waals surface area contributed by atoms with Gasteiger partial charge in [-0.25, -0.2) is 3.97 Å². The first kappa shape index (κ1) is 10.6. The second kappa shape index (κ2) is 4.18. The predicted molar refractivity (Wildman–Crippen MR) is 53.7 cm³/mol. The van der Waals surface area contributed by atoms with Crippen LogP contribution >= 0.6 is 8.81 Å². The van der Waals surface area contributed by atoms with Crippen LogP contribution in [0.5, 0.6) is 0 Å². The van der Waals surface area contributed by atoms with E-state index in [4.69, 9.17) is 0 Å². The van der Waals surface area contributed by atoms with Crippen LogP contribution in [0.25, 0.3) is 0 Å². The summed E-state index contributed by atoms with van der Waals surface area (Å²) in [5, 5.41) is 0. The predicted octanol–water partition coefficient (Wildman–Crippen LogP) is 1.92. The van der Waals surface area contributed by atoms with Gasteiger partial charge in [-0.05, 0) is 25.7 Å². The van der Waals surface area contributed by atoms with Crippen molar-refractivity contribution in [2.24, 2.45) is 0 Å². The summed E-state index contributed by atoms with van der Waals surface area (Å²) < 4.78 is 27.3. The molecule has 72 valence electrons. The molecule has 1 aromatic carbocycles. The van der Waals surface area contributed by atoms with Gasteiger partial charge in [0.2, 0.25) is 0 Å².